The number of nitrogens with zero attached hydrogens (tertiary/aromatic N) is 1. The Morgan fingerprint density at radius 1 is 1.29 bits per heavy atom. The number of benzene rings is 1. The minimum absolute atomic E-state index is 0.807. The maximum Gasteiger partial charge on any atom is 0.123 e. The number of ether oxygens (including phenoxy) is 1. The molecular formula is C13H16N2OS. The lowest BCUT2D eigenvalue weighted by atomic mass is 10.2. The lowest BCUT2D eigenvalue weighted by Gasteiger charge is -2.08. The highest BCUT2D eigenvalue weighted by Crippen LogP contribution is 2.17. The Balaban J connectivity index is 1.89. The molecule has 0 aliphatic carbocycles. The molecule has 0 bridgehead atoms. The SMILES string of the molecule is COc1ccccc1CNCc1cc(C)ns1. The third-order valence-corrected chi connectivity index (χ3v) is 3.36. The molecule has 0 spiro atoms. The van der Waals surface area contributed by atoms with Gasteiger partial charge in [0.2, 0.25) is 0 Å². The summed E-state index contributed by atoms with van der Waals surface area (Å²) in [5.74, 6) is 0.931. The summed E-state index contributed by atoms with van der Waals surface area (Å²) in [6.07, 6.45) is 0. The summed E-state index contributed by atoms with van der Waals surface area (Å²) >= 11 is 1.55. The highest BCUT2D eigenvalue weighted by Gasteiger charge is 2.02. The number of hydrogen-bond donors (Lipinski definition) is 1. The molecule has 0 saturated carbocycles. The Bertz CT molecular complexity index is 482. The Labute approximate surface area is 106 Å². The van der Waals surface area contributed by atoms with Crippen LogP contribution in [-0.4, -0.2) is 11.5 Å². The molecule has 17 heavy (non-hydrogen) atoms. The Morgan fingerprint density at radius 3 is 2.82 bits per heavy atom. The maximum absolute atomic E-state index is 5.30. The second-order valence-electron chi connectivity index (χ2n) is 3.85. The third kappa shape index (κ3) is 3.28. The Morgan fingerprint density at radius 2 is 2.12 bits per heavy atom. The van der Waals surface area contributed by atoms with E-state index in [2.05, 4.69) is 21.8 Å². The van der Waals surface area contributed by atoms with E-state index in [0.29, 0.717) is 0 Å². The second-order valence-corrected chi connectivity index (χ2v) is 4.74. The third-order valence-electron chi connectivity index (χ3n) is 2.48. The van der Waals surface area contributed by atoms with Crippen molar-refractivity contribution in [3.63, 3.8) is 0 Å². The predicted molar refractivity (Wildman–Crippen MR) is 70.4 cm³/mol. The summed E-state index contributed by atoms with van der Waals surface area (Å²) in [7, 11) is 1.70. The van der Waals surface area contributed by atoms with E-state index < -0.39 is 0 Å². The minimum Gasteiger partial charge on any atom is -0.496 e. The molecule has 0 aliphatic rings. The molecule has 1 N–H and O–H groups in total. The molecule has 0 saturated heterocycles. The molecule has 0 radical (unpaired) electrons. The summed E-state index contributed by atoms with van der Waals surface area (Å²) in [5, 5.41) is 3.40. The fourth-order valence-electron chi connectivity index (χ4n) is 1.67. The van der Waals surface area contributed by atoms with Crippen molar-refractivity contribution in [1.29, 1.82) is 0 Å². The molecule has 2 rings (SSSR count). The van der Waals surface area contributed by atoms with E-state index in [9.17, 15) is 0 Å². The zero-order valence-corrected chi connectivity index (χ0v) is 10.9. The van der Waals surface area contributed by atoms with E-state index in [4.69, 9.17) is 4.74 Å². The van der Waals surface area contributed by atoms with Gasteiger partial charge in [0.05, 0.1) is 12.8 Å². The van der Waals surface area contributed by atoms with Crippen LogP contribution >= 0.6 is 11.5 Å². The van der Waals surface area contributed by atoms with Crippen LogP contribution in [0.25, 0.3) is 0 Å². The van der Waals surface area contributed by atoms with Crippen molar-refractivity contribution in [2.75, 3.05) is 7.11 Å². The molecule has 0 amide bonds. The lowest BCUT2D eigenvalue weighted by Crippen LogP contribution is -2.12. The van der Waals surface area contributed by atoms with Crippen molar-refractivity contribution in [2.45, 2.75) is 20.0 Å². The second kappa shape index (κ2) is 5.80. The van der Waals surface area contributed by atoms with E-state index >= 15 is 0 Å². The fraction of sp³-hybridized carbons (Fsp3) is 0.308. The Kier molecular flexibility index (Phi) is 4.12. The van der Waals surface area contributed by atoms with Crippen LogP contribution in [0.5, 0.6) is 5.75 Å². The number of aromatic nitrogens is 1. The average molecular weight is 248 g/mol. The van der Waals surface area contributed by atoms with Gasteiger partial charge >= 0.3 is 0 Å². The molecule has 2 aromatic rings. The maximum atomic E-state index is 5.30. The average Bonchev–Trinajstić information content (AvgIpc) is 2.76. The van der Waals surface area contributed by atoms with Gasteiger partial charge in [-0.15, -0.1) is 0 Å². The molecule has 0 aliphatic heterocycles. The van der Waals surface area contributed by atoms with Crippen LogP contribution in [0.4, 0.5) is 0 Å². The molecule has 3 nitrogen and oxygen atoms in total. The molecule has 0 fully saturated rings. The van der Waals surface area contributed by atoms with Crippen LogP contribution in [0.3, 0.4) is 0 Å². The standard InChI is InChI=1S/C13H16N2OS/c1-10-7-12(17-15-10)9-14-8-11-5-3-4-6-13(11)16-2/h3-7,14H,8-9H2,1-2H3. The van der Waals surface area contributed by atoms with E-state index in [1.807, 2.05) is 25.1 Å². The molecule has 0 atom stereocenters. The van der Waals surface area contributed by atoms with Gasteiger partial charge in [-0.1, -0.05) is 18.2 Å². The van der Waals surface area contributed by atoms with Gasteiger partial charge in [0.25, 0.3) is 0 Å². The Hall–Kier alpha value is -1.39. The van der Waals surface area contributed by atoms with Gasteiger partial charge in [0.1, 0.15) is 5.75 Å². The first-order valence-electron chi connectivity index (χ1n) is 5.54. The van der Waals surface area contributed by atoms with Crippen molar-refractivity contribution < 1.29 is 4.74 Å². The largest absolute Gasteiger partial charge is 0.496 e. The van der Waals surface area contributed by atoms with Gasteiger partial charge in [-0.25, -0.2) is 0 Å². The zero-order chi connectivity index (χ0) is 12.1. The van der Waals surface area contributed by atoms with E-state index in [1.165, 1.54) is 10.4 Å². The summed E-state index contributed by atoms with van der Waals surface area (Å²) in [6.45, 7) is 3.67. The van der Waals surface area contributed by atoms with Gasteiger partial charge < -0.3 is 10.1 Å². The highest BCUT2D eigenvalue weighted by molar-refractivity contribution is 7.05. The van der Waals surface area contributed by atoms with E-state index in [1.54, 1.807) is 18.6 Å². The summed E-state index contributed by atoms with van der Waals surface area (Å²) in [5.41, 5.74) is 2.26. The first kappa shape index (κ1) is 12.1. The van der Waals surface area contributed by atoms with Crippen LogP contribution in [0.1, 0.15) is 16.1 Å². The van der Waals surface area contributed by atoms with Crippen LogP contribution in [-0.2, 0) is 13.1 Å². The van der Waals surface area contributed by atoms with Gasteiger partial charge in [-0.3, -0.25) is 0 Å². The van der Waals surface area contributed by atoms with Crippen molar-refractivity contribution in [3.8, 4) is 5.75 Å². The van der Waals surface area contributed by atoms with Gasteiger partial charge in [0.15, 0.2) is 0 Å². The minimum atomic E-state index is 0.807. The summed E-state index contributed by atoms with van der Waals surface area (Å²) in [4.78, 5) is 1.26. The number of rotatable bonds is 5. The quantitative estimate of drug-likeness (QED) is 0.883. The van der Waals surface area contributed by atoms with Gasteiger partial charge in [-0.2, -0.15) is 4.37 Å². The fourth-order valence-corrected chi connectivity index (χ4v) is 2.37. The van der Waals surface area contributed by atoms with Crippen molar-refractivity contribution in [2.24, 2.45) is 0 Å². The molecule has 0 unspecified atom stereocenters. The van der Waals surface area contributed by atoms with Crippen LogP contribution < -0.4 is 10.1 Å². The first-order valence-corrected chi connectivity index (χ1v) is 6.31. The molecule has 1 heterocycles. The predicted octanol–water partition coefficient (Wildman–Crippen LogP) is 2.75. The summed E-state index contributed by atoms with van der Waals surface area (Å²) < 4.78 is 9.56. The topological polar surface area (TPSA) is 34.1 Å². The molecule has 1 aromatic carbocycles. The van der Waals surface area contributed by atoms with Crippen LogP contribution in [0, 0.1) is 6.92 Å². The molecule has 90 valence electrons. The first-order chi connectivity index (χ1) is 8.29. The zero-order valence-electron chi connectivity index (χ0n) is 10.1. The van der Waals surface area contributed by atoms with Crippen LogP contribution in [0.2, 0.25) is 0 Å². The number of hydrogen-bond acceptors (Lipinski definition) is 4. The molecule has 1 aromatic heterocycles. The van der Waals surface area contributed by atoms with Crippen molar-refractivity contribution in [1.82, 2.24) is 9.69 Å². The number of aryl methyl sites for hydroxylation is 1. The number of methoxy groups -OCH3 is 1. The smallest absolute Gasteiger partial charge is 0.123 e. The lowest BCUT2D eigenvalue weighted by molar-refractivity contribution is 0.407. The number of para-hydroxylation sites is 1. The van der Waals surface area contributed by atoms with Crippen LogP contribution in [0.15, 0.2) is 30.3 Å². The van der Waals surface area contributed by atoms with Gasteiger partial charge in [0, 0.05) is 23.5 Å². The molecular weight excluding hydrogens is 232 g/mol. The van der Waals surface area contributed by atoms with Crippen molar-refractivity contribution >= 4 is 11.5 Å². The van der Waals surface area contributed by atoms with Crippen molar-refractivity contribution in [3.05, 3.63) is 46.5 Å². The summed E-state index contributed by atoms with van der Waals surface area (Å²) in [6, 6.07) is 10.2. The highest BCUT2D eigenvalue weighted by atomic mass is 32.1. The monoisotopic (exact) mass is 248 g/mol. The van der Waals surface area contributed by atoms with E-state index in [-0.39, 0.29) is 0 Å². The normalized spacial score (nSPS) is 10.5. The number of nitrogens with one attached hydrogen (secondary N) is 1. The van der Waals surface area contributed by atoms with Gasteiger partial charge in [-0.05, 0) is 30.6 Å². The molecule has 4 heteroatoms. The van der Waals surface area contributed by atoms with E-state index in [0.717, 1.165) is 24.5 Å².